The molecule has 0 radical (unpaired) electrons. The second kappa shape index (κ2) is 2.23. The molecule has 1 aliphatic heterocycles. The van der Waals surface area contributed by atoms with Crippen LogP contribution in [0.4, 0.5) is 0 Å². The molecule has 0 spiro atoms. The van der Waals surface area contributed by atoms with E-state index in [9.17, 15) is 0 Å². The van der Waals surface area contributed by atoms with Crippen LogP contribution in [0.1, 0.15) is 5.69 Å². The lowest BCUT2D eigenvalue weighted by Crippen LogP contribution is -1.86. The Bertz CT molecular complexity index is 262. The fourth-order valence-corrected chi connectivity index (χ4v) is 1.38. The molecule has 2 nitrogen and oxygen atoms in total. The van der Waals surface area contributed by atoms with Gasteiger partial charge in [-0.3, -0.25) is 0 Å². The minimum Gasteiger partial charge on any atom is -0.491 e. The monoisotopic (exact) mass is 199 g/mol. The molecule has 3 heteroatoms. The zero-order valence-electron chi connectivity index (χ0n) is 5.30. The number of ether oxygens (including phenoxy) is 1. The fourth-order valence-electron chi connectivity index (χ4n) is 1.03. The third kappa shape index (κ3) is 0.904. The molecule has 0 saturated heterocycles. The Balaban J connectivity index is 2.52. The van der Waals surface area contributed by atoms with Crippen molar-refractivity contribution in [2.45, 2.75) is 6.42 Å². The lowest BCUT2D eigenvalue weighted by molar-refractivity contribution is 0.357. The van der Waals surface area contributed by atoms with E-state index in [0.717, 1.165) is 29.1 Å². The first-order valence-corrected chi connectivity index (χ1v) is 3.94. The maximum Gasteiger partial charge on any atom is 0.141 e. The Labute approximate surface area is 67.4 Å². The standard InChI is InChI=1S/C7H6BrNO/c8-7-2-1-6-5(9-7)3-4-10-6/h1-2H,3-4H2. The summed E-state index contributed by atoms with van der Waals surface area (Å²) in [6.07, 6.45) is 0.939. The van der Waals surface area contributed by atoms with Crippen molar-refractivity contribution in [1.29, 1.82) is 0 Å². The Hall–Kier alpha value is -0.570. The summed E-state index contributed by atoms with van der Waals surface area (Å²) in [4.78, 5) is 4.25. The van der Waals surface area contributed by atoms with Crippen LogP contribution in [0, 0.1) is 0 Å². The average Bonchev–Trinajstić information content (AvgIpc) is 2.33. The van der Waals surface area contributed by atoms with E-state index in [-0.39, 0.29) is 0 Å². The molecule has 0 aromatic carbocycles. The molecule has 2 rings (SSSR count). The molecule has 0 amide bonds. The Kier molecular flexibility index (Phi) is 1.38. The van der Waals surface area contributed by atoms with Crippen molar-refractivity contribution in [1.82, 2.24) is 4.98 Å². The van der Waals surface area contributed by atoms with Crippen LogP contribution >= 0.6 is 15.9 Å². The molecular weight excluding hydrogens is 194 g/mol. The Morgan fingerprint density at radius 3 is 3.30 bits per heavy atom. The van der Waals surface area contributed by atoms with Gasteiger partial charge in [0, 0.05) is 6.42 Å². The van der Waals surface area contributed by atoms with Gasteiger partial charge >= 0.3 is 0 Å². The van der Waals surface area contributed by atoms with Gasteiger partial charge in [-0.05, 0) is 28.1 Å². The lowest BCUT2D eigenvalue weighted by atomic mass is 10.3. The molecule has 0 saturated carbocycles. The van der Waals surface area contributed by atoms with Gasteiger partial charge in [0.05, 0.1) is 12.3 Å². The fraction of sp³-hybridized carbons (Fsp3) is 0.286. The molecule has 0 N–H and O–H groups in total. The van der Waals surface area contributed by atoms with Gasteiger partial charge in [0.2, 0.25) is 0 Å². The highest BCUT2D eigenvalue weighted by Gasteiger charge is 2.12. The molecule has 1 aromatic heterocycles. The van der Waals surface area contributed by atoms with E-state index in [0.29, 0.717) is 0 Å². The van der Waals surface area contributed by atoms with Crippen molar-refractivity contribution in [3.05, 3.63) is 22.4 Å². The van der Waals surface area contributed by atoms with Gasteiger partial charge < -0.3 is 4.74 Å². The van der Waals surface area contributed by atoms with Gasteiger partial charge in [-0.25, -0.2) is 4.98 Å². The molecule has 1 aromatic rings. The Morgan fingerprint density at radius 1 is 1.50 bits per heavy atom. The van der Waals surface area contributed by atoms with Gasteiger partial charge in [-0.15, -0.1) is 0 Å². The number of halogens is 1. The molecule has 0 bridgehead atoms. The van der Waals surface area contributed by atoms with Crippen LogP contribution in [0.25, 0.3) is 0 Å². The highest BCUT2D eigenvalue weighted by Crippen LogP contribution is 2.24. The highest BCUT2D eigenvalue weighted by atomic mass is 79.9. The molecule has 10 heavy (non-hydrogen) atoms. The summed E-state index contributed by atoms with van der Waals surface area (Å²) >= 11 is 3.30. The van der Waals surface area contributed by atoms with E-state index < -0.39 is 0 Å². The number of pyridine rings is 1. The first kappa shape index (κ1) is 6.16. The maximum absolute atomic E-state index is 5.27. The van der Waals surface area contributed by atoms with E-state index in [2.05, 4.69) is 20.9 Å². The molecule has 0 atom stereocenters. The predicted octanol–water partition coefficient (Wildman–Crippen LogP) is 1.78. The number of aromatic nitrogens is 1. The zero-order valence-corrected chi connectivity index (χ0v) is 6.89. The molecule has 52 valence electrons. The van der Waals surface area contributed by atoms with Crippen LogP contribution < -0.4 is 4.74 Å². The van der Waals surface area contributed by atoms with Gasteiger partial charge in [-0.1, -0.05) is 0 Å². The van der Waals surface area contributed by atoms with Gasteiger partial charge in [0.15, 0.2) is 0 Å². The van der Waals surface area contributed by atoms with Gasteiger partial charge in [0.1, 0.15) is 10.4 Å². The van der Waals surface area contributed by atoms with Crippen molar-refractivity contribution in [2.75, 3.05) is 6.61 Å². The minimum atomic E-state index is 0.777. The largest absolute Gasteiger partial charge is 0.491 e. The quantitative estimate of drug-likeness (QED) is 0.595. The summed E-state index contributed by atoms with van der Waals surface area (Å²) in [5.74, 6) is 0.934. The second-order valence-corrected chi connectivity index (χ2v) is 2.99. The van der Waals surface area contributed by atoms with Crippen LogP contribution in [0.3, 0.4) is 0 Å². The Morgan fingerprint density at radius 2 is 2.40 bits per heavy atom. The van der Waals surface area contributed by atoms with E-state index in [1.165, 1.54) is 0 Å². The van der Waals surface area contributed by atoms with Crippen LogP contribution in [0.15, 0.2) is 16.7 Å². The smallest absolute Gasteiger partial charge is 0.141 e. The predicted molar refractivity (Wildman–Crippen MR) is 41.1 cm³/mol. The van der Waals surface area contributed by atoms with Crippen LogP contribution in [-0.4, -0.2) is 11.6 Å². The summed E-state index contributed by atoms with van der Waals surface area (Å²) in [7, 11) is 0. The molecule has 2 heterocycles. The van der Waals surface area contributed by atoms with E-state index in [4.69, 9.17) is 4.74 Å². The van der Waals surface area contributed by atoms with Crippen molar-refractivity contribution in [2.24, 2.45) is 0 Å². The SMILES string of the molecule is Brc1ccc2c(n1)CCO2. The van der Waals surface area contributed by atoms with Gasteiger partial charge in [-0.2, -0.15) is 0 Å². The molecule has 0 aliphatic carbocycles. The van der Waals surface area contributed by atoms with Crippen molar-refractivity contribution < 1.29 is 4.74 Å². The van der Waals surface area contributed by atoms with E-state index >= 15 is 0 Å². The van der Waals surface area contributed by atoms with E-state index in [1.807, 2.05) is 12.1 Å². The first-order chi connectivity index (χ1) is 4.86. The maximum atomic E-state index is 5.27. The van der Waals surface area contributed by atoms with Crippen LogP contribution in [-0.2, 0) is 6.42 Å². The zero-order chi connectivity index (χ0) is 6.97. The summed E-state index contributed by atoms with van der Waals surface area (Å²) in [6.45, 7) is 0.777. The number of rotatable bonds is 0. The minimum absolute atomic E-state index is 0.777. The normalized spacial score (nSPS) is 14.5. The molecule has 0 fully saturated rings. The van der Waals surface area contributed by atoms with Crippen molar-refractivity contribution in [3.8, 4) is 5.75 Å². The van der Waals surface area contributed by atoms with Crippen LogP contribution in [0.5, 0.6) is 5.75 Å². The third-order valence-electron chi connectivity index (χ3n) is 1.49. The topological polar surface area (TPSA) is 22.1 Å². The first-order valence-electron chi connectivity index (χ1n) is 3.14. The number of hydrogen-bond acceptors (Lipinski definition) is 2. The molecule has 1 aliphatic rings. The average molecular weight is 200 g/mol. The number of nitrogens with zero attached hydrogens (tertiary/aromatic N) is 1. The summed E-state index contributed by atoms with van der Waals surface area (Å²) in [5.41, 5.74) is 1.06. The summed E-state index contributed by atoms with van der Waals surface area (Å²) in [6, 6.07) is 3.84. The molecular formula is C7H6BrNO. The molecule has 0 unspecified atom stereocenters. The number of fused-ring (bicyclic) bond motifs is 1. The highest BCUT2D eigenvalue weighted by molar-refractivity contribution is 9.10. The third-order valence-corrected chi connectivity index (χ3v) is 1.94. The van der Waals surface area contributed by atoms with Crippen molar-refractivity contribution >= 4 is 15.9 Å². The summed E-state index contributed by atoms with van der Waals surface area (Å²) in [5, 5.41) is 0. The number of hydrogen-bond donors (Lipinski definition) is 0. The van der Waals surface area contributed by atoms with Crippen molar-refractivity contribution in [3.63, 3.8) is 0 Å². The van der Waals surface area contributed by atoms with Gasteiger partial charge in [0.25, 0.3) is 0 Å². The lowest BCUT2D eigenvalue weighted by Gasteiger charge is -1.95. The van der Waals surface area contributed by atoms with E-state index in [1.54, 1.807) is 0 Å². The summed E-state index contributed by atoms with van der Waals surface area (Å²) < 4.78 is 6.16. The van der Waals surface area contributed by atoms with Crippen LogP contribution in [0.2, 0.25) is 0 Å². The second-order valence-electron chi connectivity index (χ2n) is 2.18.